The zero-order valence-corrected chi connectivity index (χ0v) is 14.2. The summed E-state index contributed by atoms with van der Waals surface area (Å²) in [4.78, 5) is 25.2. The molecule has 0 bridgehead atoms. The quantitative estimate of drug-likeness (QED) is 0.631. The highest BCUT2D eigenvalue weighted by Crippen LogP contribution is 2.37. The highest BCUT2D eigenvalue weighted by atomic mass is 16.5. The minimum atomic E-state index is -0.238. The van der Waals surface area contributed by atoms with Gasteiger partial charge in [-0.2, -0.15) is 0 Å². The maximum atomic E-state index is 12.6. The van der Waals surface area contributed by atoms with Gasteiger partial charge in [0.25, 0.3) is 0 Å². The topological polar surface area (TPSA) is 52.6 Å². The predicted molar refractivity (Wildman–Crippen MR) is 94.5 cm³/mol. The first kappa shape index (κ1) is 15.6. The number of allylic oxidation sites excluding steroid dienone is 1. The number of rotatable bonds is 3. The molecule has 0 N–H and O–H groups in total. The standard InChI is InChI=1S/C21H18O4/c1-3-24-18-10-13-8-12(2)25-19(13)11-14(18)9-17-20(22)15-6-4-5-7-16(15)21(17)23/h4-7,9-12H,3,8H2,1-2H3. The van der Waals surface area contributed by atoms with Crippen LogP contribution in [0, 0.1) is 0 Å². The van der Waals surface area contributed by atoms with E-state index in [4.69, 9.17) is 9.47 Å². The fraction of sp³-hybridized carbons (Fsp3) is 0.238. The van der Waals surface area contributed by atoms with E-state index >= 15 is 0 Å². The molecule has 2 aromatic rings. The molecular formula is C21H18O4. The van der Waals surface area contributed by atoms with Crippen LogP contribution >= 0.6 is 0 Å². The Hall–Kier alpha value is -2.88. The van der Waals surface area contributed by atoms with E-state index in [1.54, 1.807) is 30.3 Å². The van der Waals surface area contributed by atoms with Crippen LogP contribution in [0.25, 0.3) is 6.08 Å². The van der Waals surface area contributed by atoms with Gasteiger partial charge in [-0.05, 0) is 32.1 Å². The van der Waals surface area contributed by atoms with Crippen molar-refractivity contribution >= 4 is 17.6 Å². The van der Waals surface area contributed by atoms with Crippen molar-refractivity contribution in [3.8, 4) is 11.5 Å². The third-order valence-corrected chi connectivity index (χ3v) is 4.53. The van der Waals surface area contributed by atoms with Crippen LogP contribution in [0.1, 0.15) is 45.7 Å². The molecule has 1 aliphatic carbocycles. The summed E-state index contributed by atoms with van der Waals surface area (Å²) in [5.41, 5.74) is 2.88. The second-order valence-electron chi connectivity index (χ2n) is 6.33. The van der Waals surface area contributed by atoms with Gasteiger partial charge in [0.1, 0.15) is 17.6 Å². The number of Topliss-reactive ketones (excluding diaryl/α,β-unsaturated/α-hetero) is 2. The molecular weight excluding hydrogens is 316 g/mol. The molecule has 1 heterocycles. The lowest BCUT2D eigenvalue weighted by molar-refractivity contribution is 0.0990. The summed E-state index contributed by atoms with van der Waals surface area (Å²) in [5, 5.41) is 0. The Bertz CT molecular complexity index is 886. The number of carbonyl (C=O) groups excluding carboxylic acids is 2. The van der Waals surface area contributed by atoms with Crippen LogP contribution in [0.2, 0.25) is 0 Å². The largest absolute Gasteiger partial charge is 0.493 e. The van der Waals surface area contributed by atoms with Gasteiger partial charge in [-0.3, -0.25) is 9.59 Å². The maximum absolute atomic E-state index is 12.6. The van der Waals surface area contributed by atoms with E-state index < -0.39 is 0 Å². The number of hydrogen-bond donors (Lipinski definition) is 0. The van der Waals surface area contributed by atoms with Crippen LogP contribution < -0.4 is 9.47 Å². The smallest absolute Gasteiger partial charge is 0.197 e. The average Bonchev–Trinajstić information content (AvgIpc) is 3.07. The lowest BCUT2D eigenvalue weighted by Gasteiger charge is -2.10. The van der Waals surface area contributed by atoms with Crippen molar-refractivity contribution in [2.24, 2.45) is 0 Å². The van der Waals surface area contributed by atoms with Gasteiger partial charge in [0.2, 0.25) is 0 Å². The fourth-order valence-corrected chi connectivity index (χ4v) is 3.41. The lowest BCUT2D eigenvalue weighted by atomic mass is 10.0. The van der Waals surface area contributed by atoms with Crippen molar-refractivity contribution < 1.29 is 19.1 Å². The van der Waals surface area contributed by atoms with Crippen molar-refractivity contribution in [1.29, 1.82) is 0 Å². The van der Waals surface area contributed by atoms with E-state index in [-0.39, 0.29) is 23.2 Å². The molecule has 2 aliphatic rings. The molecule has 0 aromatic heterocycles. The normalized spacial score (nSPS) is 18.0. The minimum Gasteiger partial charge on any atom is -0.493 e. The van der Waals surface area contributed by atoms with Crippen LogP contribution in [-0.4, -0.2) is 24.3 Å². The van der Waals surface area contributed by atoms with E-state index in [9.17, 15) is 9.59 Å². The van der Waals surface area contributed by atoms with Gasteiger partial charge in [-0.1, -0.05) is 24.3 Å². The van der Waals surface area contributed by atoms with Crippen LogP contribution in [-0.2, 0) is 6.42 Å². The number of ether oxygens (including phenoxy) is 2. The molecule has 0 radical (unpaired) electrons. The third kappa shape index (κ3) is 2.54. The van der Waals surface area contributed by atoms with Gasteiger partial charge in [0, 0.05) is 28.7 Å². The third-order valence-electron chi connectivity index (χ3n) is 4.53. The Kier molecular flexibility index (Phi) is 3.68. The molecule has 0 saturated carbocycles. The number of ketones is 2. The molecule has 0 amide bonds. The summed E-state index contributed by atoms with van der Waals surface area (Å²) >= 11 is 0. The molecule has 25 heavy (non-hydrogen) atoms. The molecule has 4 heteroatoms. The zero-order chi connectivity index (χ0) is 17.6. The number of hydrogen-bond acceptors (Lipinski definition) is 4. The van der Waals surface area contributed by atoms with Gasteiger partial charge in [-0.15, -0.1) is 0 Å². The minimum absolute atomic E-state index is 0.117. The summed E-state index contributed by atoms with van der Waals surface area (Å²) in [5.74, 6) is 0.983. The Morgan fingerprint density at radius 3 is 2.48 bits per heavy atom. The van der Waals surface area contributed by atoms with Crippen LogP contribution in [0.15, 0.2) is 42.0 Å². The lowest BCUT2D eigenvalue weighted by Crippen LogP contribution is -2.05. The van der Waals surface area contributed by atoms with Gasteiger partial charge in [-0.25, -0.2) is 0 Å². The maximum Gasteiger partial charge on any atom is 0.197 e. The van der Waals surface area contributed by atoms with E-state index in [1.807, 2.05) is 26.0 Å². The predicted octanol–water partition coefficient (Wildman–Crippen LogP) is 3.87. The molecule has 2 aromatic carbocycles. The summed E-state index contributed by atoms with van der Waals surface area (Å²) in [6.45, 7) is 4.43. The number of fused-ring (bicyclic) bond motifs is 2. The zero-order valence-electron chi connectivity index (χ0n) is 14.2. The summed E-state index contributed by atoms with van der Waals surface area (Å²) < 4.78 is 11.5. The Labute approximate surface area is 146 Å². The first-order valence-electron chi connectivity index (χ1n) is 8.45. The molecule has 0 saturated heterocycles. The molecule has 1 unspecified atom stereocenters. The van der Waals surface area contributed by atoms with E-state index in [0.717, 1.165) is 17.7 Å². The van der Waals surface area contributed by atoms with Crippen molar-refractivity contribution in [1.82, 2.24) is 0 Å². The molecule has 4 nitrogen and oxygen atoms in total. The van der Waals surface area contributed by atoms with E-state index in [1.165, 1.54) is 0 Å². The molecule has 4 rings (SSSR count). The van der Waals surface area contributed by atoms with Gasteiger partial charge < -0.3 is 9.47 Å². The van der Waals surface area contributed by atoms with Crippen molar-refractivity contribution in [3.05, 3.63) is 64.2 Å². The molecule has 1 aliphatic heterocycles. The second kappa shape index (κ2) is 5.88. The monoisotopic (exact) mass is 334 g/mol. The Balaban J connectivity index is 1.81. The second-order valence-corrected chi connectivity index (χ2v) is 6.33. The molecule has 126 valence electrons. The Morgan fingerprint density at radius 1 is 1.16 bits per heavy atom. The van der Waals surface area contributed by atoms with Gasteiger partial charge in [0.15, 0.2) is 11.6 Å². The van der Waals surface area contributed by atoms with E-state index in [0.29, 0.717) is 29.0 Å². The van der Waals surface area contributed by atoms with Gasteiger partial charge >= 0.3 is 0 Å². The highest BCUT2D eigenvalue weighted by molar-refractivity contribution is 6.41. The van der Waals surface area contributed by atoms with Crippen LogP contribution in [0.5, 0.6) is 11.5 Å². The summed E-state index contributed by atoms with van der Waals surface area (Å²) in [6, 6.07) is 10.7. The van der Waals surface area contributed by atoms with Crippen molar-refractivity contribution in [3.63, 3.8) is 0 Å². The molecule has 0 fully saturated rings. The molecule has 1 atom stereocenters. The number of carbonyl (C=O) groups is 2. The van der Waals surface area contributed by atoms with Crippen molar-refractivity contribution in [2.45, 2.75) is 26.4 Å². The molecule has 0 spiro atoms. The highest BCUT2D eigenvalue weighted by Gasteiger charge is 2.33. The van der Waals surface area contributed by atoms with Crippen LogP contribution in [0.3, 0.4) is 0 Å². The summed E-state index contributed by atoms with van der Waals surface area (Å²) in [7, 11) is 0. The summed E-state index contributed by atoms with van der Waals surface area (Å²) in [6.07, 6.45) is 2.57. The SMILES string of the molecule is CCOc1cc2c(cc1C=C1C(=O)c3ccccc3C1=O)OC(C)C2. The van der Waals surface area contributed by atoms with E-state index in [2.05, 4.69) is 0 Å². The number of benzene rings is 2. The first-order valence-corrected chi connectivity index (χ1v) is 8.45. The Morgan fingerprint density at radius 2 is 1.84 bits per heavy atom. The first-order chi connectivity index (χ1) is 12.1. The van der Waals surface area contributed by atoms with Crippen molar-refractivity contribution in [2.75, 3.05) is 6.61 Å². The average molecular weight is 334 g/mol. The van der Waals surface area contributed by atoms with Gasteiger partial charge in [0.05, 0.1) is 12.2 Å². The van der Waals surface area contributed by atoms with Crippen LogP contribution in [0.4, 0.5) is 0 Å². The fourth-order valence-electron chi connectivity index (χ4n) is 3.41.